The van der Waals surface area contributed by atoms with Crippen molar-refractivity contribution in [3.05, 3.63) is 71.8 Å². The van der Waals surface area contributed by atoms with Crippen LogP contribution < -0.4 is 19.1 Å². The van der Waals surface area contributed by atoms with E-state index in [1.54, 1.807) is 38.5 Å². The number of nitrogens with zero attached hydrogens (tertiary/aromatic N) is 1. The highest BCUT2D eigenvalue weighted by Crippen LogP contribution is 2.50. The SMILES string of the molecule is COc1cc(-c2c(OC)cc(-c3ccc(O)cc3)c(OC)c2O)ccc1N(CC=C(C)C)CC=C(C)C. The summed E-state index contributed by atoms with van der Waals surface area (Å²) in [5.74, 6) is 1.61. The number of allylic oxidation sites excluding steroid dienone is 2. The van der Waals surface area contributed by atoms with Crippen molar-refractivity contribution in [2.75, 3.05) is 39.3 Å². The van der Waals surface area contributed by atoms with Gasteiger partial charge in [0.15, 0.2) is 11.5 Å². The highest BCUT2D eigenvalue weighted by atomic mass is 16.5. The van der Waals surface area contributed by atoms with E-state index >= 15 is 0 Å². The van der Waals surface area contributed by atoms with Gasteiger partial charge in [-0.05, 0) is 69.2 Å². The number of phenols is 2. The Balaban J connectivity index is 2.15. The summed E-state index contributed by atoms with van der Waals surface area (Å²) in [5, 5.41) is 21.0. The Kier molecular flexibility index (Phi) is 9.12. The Morgan fingerprint density at radius 1 is 0.730 bits per heavy atom. The Labute approximate surface area is 220 Å². The number of phenolic OH excluding ortho intramolecular Hbond substituents is 2. The molecule has 0 amide bonds. The predicted molar refractivity (Wildman–Crippen MR) is 151 cm³/mol. The van der Waals surface area contributed by atoms with E-state index < -0.39 is 0 Å². The van der Waals surface area contributed by atoms with Gasteiger partial charge in [-0.3, -0.25) is 0 Å². The largest absolute Gasteiger partial charge is 0.508 e. The van der Waals surface area contributed by atoms with Crippen molar-refractivity contribution in [1.82, 2.24) is 0 Å². The second kappa shape index (κ2) is 12.3. The van der Waals surface area contributed by atoms with Gasteiger partial charge in [0.1, 0.15) is 17.2 Å². The molecule has 196 valence electrons. The van der Waals surface area contributed by atoms with Gasteiger partial charge in [-0.2, -0.15) is 0 Å². The number of methoxy groups -OCH3 is 3. The monoisotopic (exact) mass is 503 g/mol. The molecule has 3 aromatic carbocycles. The average molecular weight is 504 g/mol. The molecule has 0 radical (unpaired) electrons. The molecule has 2 N–H and O–H groups in total. The van der Waals surface area contributed by atoms with Crippen LogP contribution in [0.4, 0.5) is 5.69 Å². The normalized spacial score (nSPS) is 10.5. The maximum Gasteiger partial charge on any atom is 0.170 e. The number of benzene rings is 3. The third-order valence-corrected chi connectivity index (χ3v) is 6.07. The van der Waals surface area contributed by atoms with Crippen LogP contribution in [-0.4, -0.2) is 44.6 Å². The van der Waals surface area contributed by atoms with Crippen LogP contribution in [0.15, 0.2) is 71.8 Å². The molecule has 0 saturated heterocycles. The van der Waals surface area contributed by atoms with Gasteiger partial charge in [0.25, 0.3) is 0 Å². The minimum absolute atomic E-state index is 0.0364. The van der Waals surface area contributed by atoms with Crippen molar-refractivity contribution in [1.29, 1.82) is 0 Å². The molecule has 3 aromatic rings. The van der Waals surface area contributed by atoms with Crippen LogP contribution in [0.25, 0.3) is 22.3 Å². The molecule has 0 aromatic heterocycles. The molecule has 0 unspecified atom stereocenters. The van der Waals surface area contributed by atoms with E-state index in [0.717, 1.165) is 29.9 Å². The van der Waals surface area contributed by atoms with E-state index in [2.05, 4.69) is 44.7 Å². The molecular weight excluding hydrogens is 466 g/mol. The number of aromatic hydroxyl groups is 2. The molecule has 6 heteroatoms. The number of hydrogen-bond donors (Lipinski definition) is 2. The summed E-state index contributed by atoms with van der Waals surface area (Å²) in [5.41, 5.74) is 6.10. The van der Waals surface area contributed by atoms with Gasteiger partial charge in [0.05, 0.1) is 32.6 Å². The van der Waals surface area contributed by atoms with Crippen LogP contribution >= 0.6 is 0 Å². The van der Waals surface area contributed by atoms with Crippen molar-refractivity contribution >= 4 is 5.69 Å². The van der Waals surface area contributed by atoms with Crippen LogP contribution in [0.3, 0.4) is 0 Å². The van der Waals surface area contributed by atoms with Crippen LogP contribution in [-0.2, 0) is 0 Å². The summed E-state index contributed by atoms with van der Waals surface area (Å²) in [6.45, 7) is 9.83. The van der Waals surface area contributed by atoms with Crippen LogP contribution in [0.2, 0.25) is 0 Å². The van der Waals surface area contributed by atoms with Gasteiger partial charge < -0.3 is 29.3 Å². The Bertz CT molecular complexity index is 1260. The Morgan fingerprint density at radius 3 is 1.81 bits per heavy atom. The molecule has 0 saturated carbocycles. The Morgan fingerprint density at radius 2 is 1.30 bits per heavy atom. The summed E-state index contributed by atoms with van der Waals surface area (Å²) >= 11 is 0. The first-order chi connectivity index (χ1) is 17.7. The maximum absolute atomic E-state index is 11.4. The summed E-state index contributed by atoms with van der Waals surface area (Å²) < 4.78 is 17.2. The lowest BCUT2D eigenvalue weighted by Crippen LogP contribution is -2.24. The number of ether oxygens (including phenoxy) is 3. The first kappa shape index (κ1) is 27.5. The lowest BCUT2D eigenvalue weighted by molar-refractivity contribution is 0.369. The molecule has 3 rings (SSSR count). The number of anilines is 1. The van der Waals surface area contributed by atoms with Gasteiger partial charge in [-0.25, -0.2) is 0 Å². The maximum atomic E-state index is 11.4. The lowest BCUT2D eigenvalue weighted by atomic mass is 9.96. The second-order valence-electron chi connectivity index (χ2n) is 9.28. The third-order valence-electron chi connectivity index (χ3n) is 6.07. The quantitative estimate of drug-likeness (QED) is 0.285. The molecule has 0 aliphatic carbocycles. The first-order valence-electron chi connectivity index (χ1n) is 12.2. The van der Waals surface area contributed by atoms with Crippen LogP contribution in [0.5, 0.6) is 28.7 Å². The van der Waals surface area contributed by atoms with Crippen molar-refractivity contribution in [3.8, 4) is 51.0 Å². The summed E-state index contributed by atoms with van der Waals surface area (Å²) in [7, 11) is 4.73. The standard InChI is InChI=1S/C31H37NO5/c1-20(2)14-16-32(17-15-21(3)4)26-13-10-23(18-27(26)35-5)29-28(36-6)19-25(31(37-7)30(29)34)22-8-11-24(33)12-9-22/h8-15,18-19,33-34H,16-17H2,1-7H3. The average Bonchev–Trinajstić information content (AvgIpc) is 2.88. The molecule has 0 aliphatic heterocycles. The van der Waals surface area contributed by atoms with Gasteiger partial charge in [-0.1, -0.05) is 41.5 Å². The highest BCUT2D eigenvalue weighted by Gasteiger charge is 2.23. The molecule has 0 bridgehead atoms. The van der Waals surface area contributed by atoms with E-state index in [4.69, 9.17) is 14.2 Å². The molecule has 0 spiro atoms. The zero-order valence-electron chi connectivity index (χ0n) is 22.8. The molecule has 0 atom stereocenters. The minimum atomic E-state index is -0.0364. The molecule has 0 heterocycles. The molecule has 37 heavy (non-hydrogen) atoms. The van der Waals surface area contributed by atoms with E-state index in [1.165, 1.54) is 18.3 Å². The van der Waals surface area contributed by atoms with Gasteiger partial charge >= 0.3 is 0 Å². The minimum Gasteiger partial charge on any atom is -0.508 e. The van der Waals surface area contributed by atoms with Crippen molar-refractivity contribution in [2.24, 2.45) is 0 Å². The van der Waals surface area contributed by atoms with Crippen LogP contribution in [0.1, 0.15) is 27.7 Å². The number of hydrogen-bond acceptors (Lipinski definition) is 6. The lowest BCUT2D eigenvalue weighted by Gasteiger charge is -2.25. The molecule has 6 nitrogen and oxygen atoms in total. The van der Waals surface area contributed by atoms with E-state index in [-0.39, 0.29) is 11.5 Å². The van der Waals surface area contributed by atoms with Crippen LogP contribution in [0, 0.1) is 0 Å². The van der Waals surface area contributed by atoms with Crippen molar-refractivity contribution in [3.63, 3.8) is 0 Å². The van der Waals surface area contributed by atoms with Gasteiger partial charge in [0, 0.05) is 18.7 Å². The smallest absolute Gasteiger partial charge is 0.170 e. The zero-order chi connectivity index (χ0) is 27.1. The van der Waals surface area contributed by atoms with Crippen molar-refractivity contribution in [2.45, 2.75) is 27.7 Å². The summed E-state index contributed by atoms with van der Waals surface area (Å²) in [6, 6.07) is 14.4. The summed E-state index contributed by atoms with van der Waals surface area (Å²) in [6.07, 6.45) is 4.38. The molecule has 0 fully saturated rings. The fourth-order valence-electron chi connectivity index (χ4n) is 4.08. The summed E-state index contributed by atoms with van der Waals surface area (Å²) in [4.78, 5) is 2.24. The molecular formula is C31H37NO5. The highest BCUT2D eigenvalue weighted by molar-refractivity contribution is 5.88. The predicted octanol–water partition coefficient (Wildman–Crippen LogP) is 7.20. The molecule has 0 aliphatic rings. The zero-order valence-corrected chi connectivity index (χ0v) is 22.8. The van der Waals surface area contributed by atoms with E-state index in [9.17, 15) is 10.2 Å². The fourth-order valence-corrected chi connectivity index (χ4v) is 4.08. The van der Waals surface area contributed by atoms with E-state index in [0.29, 0.717) is 28.4 Å². The van der Waals surface area contributed by atoms with Gasteiger partial charge in [0.2, 0.25) is 0 Å². The van der Waals surface area contributed by atoms with Gasteiger partial charge in [-0.15, -0.1) is 0 Å². The fraction of sp³-hybridized carbons (Fsp3) is 0.290. The second-order valence-corrected chi connectivity index (χ2v) is 9.28. The van der Waals surface area contributed by atoms with E-state index in [1.807, 2.05) is 24.3 Å². The van der Waals surface area contributed by atoms with Crippen molar-refractivity contribution < 1.29 is 24.4 Å². The topological polar surface area (TPSA) is 71.4 Å². The Hall–Kier alpha value is -4.06. The first-order valence-corrected chi connectivity index (χ1v) is 12.2. The third kappa shape index (κ3) is 6.39. The number of rotatable bonds is 10.